The Morgan fingerprint density at radius 3 is 2.71 bits per heavy atom. The van der Waals surface area contributed by atoms with Crippen molar-refractivity contribution < 1.29 is 4.74 Å². The van der Waals surface area contributed by atoms with Crippen molar-refractivity contribution in [2.45, 2.75) is 44.8 Å². The zero-order chi connectivity index (χ0) is 21.2. The van der Waals surface area contributed by atoms with Gasteiger partial charge in [-0.1, -0.05) is 53.5 Å². The van der Waals surface area contributed by atoms with Gasteiger partial charge in [0.2, 0.25) is 0 Å². The Morgan fingerprint density at radius 1 is 1.10 bits per heavy atom. The number of aromatic amines is 1. The first-order valence-corrected chi connectivity index (χ1v) is 11.8. The van der Waals surface area contributed by atoms with Crippen molar-refractivity contribution in [3.63, 3.8) is 0 Å². The van der Waals surface area contributed by atoms with E-state index >= 15 is 0 Å². The molecule has 0 saturated carbocycles. The molecule has 0 radical (unpaired) electrons. The third-order valence-corrected chi connectivity index (χ3v) is 7.33. The molecule has 162 valence electrons. The fourth-order valence-electron chi connectivity index (χ4n) is 4.94. The maximum Gasteiger partial charge on any atom is 0.122 e. The number of fused-ring (bicyclic) bond motifs is 1. The highest BCUT2D eigenvalue weighted by Crippen LogP contribution is 2.35. The van der Waals surface area contributed by atoms with E-state index in [4.69, 9.17) is 27.9 Å². The van der Waals surface area contributed by atoms with E-state index in [1.165, 1.54) is 24.2 Å². The smallest absolute Gasteiger partial charge is 0.122 e. The Labute approximate surface area is 193 Å². The van der Waals surface area contributed by atoms with Gasteiger partial charge in [-0.05, 0) is 61.4 Å². The lowest BCUT2D eigenvalue weighted by molar-refractivity contribution is 0.212. The third kappa shape index (κ3) is 4.77. The minimum atomic E-state index is 0.504. The first-order chi connectivity index (χ1) is 15.2. The number of hydrogen-bond acceptors (Lipinski definition) is 3. The van der Waals surface area contributed by atoms with Gasteiger partial charge in [-0.15, -0.1) is 0 Å². The first kappa shape index (κ1) is 20.9. The van der Waals surface area contributed by atoms with Crippen molar-refractivity contribution in [2.24, 2.45) is 5.92 Å². The molecule has 31 heavy (non-hydrogen) atoms. The van der Waals surface area contributed by atoms with Gasteiger partial charge in [0, 0.05) is 34.7 Å². The molecule has 2 atom stereocenters. The average Bonchev–Trinajstić information content (AvgIpc) is 3.44. The number of benzene rings is 2. The van der Waals surface area contributed by atoms with Gasteiger partial charge in [0.05, 0.1) is 12.0 Å². The van der Waals surface area contributed by atoms with Crippen LogP contribution < -0.4 is 4.74 Å². The maximum atomic E-state index is 6.63. The van der Waals surface area contributed by atoms with E-state index in [1.807, 2.05) is 48.8 Å². The van der Waals surface area contributed by atoms with Crippen LogP contribution in [0.5, 0.6) is 5.75 Å². The molecular formula is C25H27Cl2N3O. The molecule has 1 N–H and O–H groups in total. The molecule has 3 aromatic rings. The number of nitrogens with one attached hydrogen (secondary N) is 1. The molecule has 1 fully saturated rings. The Hall–Kier alpha value is -2.01. The summed E-state index contributed by atoms with van der Waals surface area (Å²) in [5.74, 6) is 1.29. The molecule has 2 aromatic carbocycles. The van der Waals surface area contributed by atoms with E-state index in [9.17, 15) is 0 Å². The van der Waals surface area contributed by atoms with E-state index in [2.05, 4.69) is 14.9 Å². The van der Waals surface area contributed by atoms with Crippen LogP contribution >= 0.6 is 23.2 Å². The van der Waals surface area contributed by atoms with Gasteiger partial charge in [0.25, 0.3) is 0 Å². The highest BCUT2D eigenvalue weighted by atomic mass is 35.5. The van der Waals surface area contributed by atoms with Crippen molar-refractivity contribution in [1.29, 1.82) is 0 Å². The van der Waals surface area contributed by atoms with Gasteiger partial charge >= 0.3 is 0 Å². The molecule has 2 heterocycles. The Morgan fingerprint density at radius 2 is 1.90 bits per heavy atom. The van der Waals surface area contributed by atoms with E-state index in [1.54, 1.807) is 0 Å². The summed E-state index contributed by atoms with van der Waals surface area (Å²) in [5, 5.41) is 1.41. The van der Waals surface area contributed by atoms with E-state index < -0.39 is 0 Å². The highest BCUT2D eigenvalue weighted by molar-refractivity contribution is 6.36. The minimum absolute atomic E-state index is 0.504. The van der Waals surface area contributed by atoms with Crippen LogP contribution in [0.2, 0.25) is 10.0 Å². The lowest BCUT2D eigenvalue weighted by Crippen LogP contribution is -2.38. The topological polar surface area (TPSA) is 41.1 Å². The summed E-state index contributed by atoms with van der Waals surface area (Å²) < 4.78 is 5.91. The number of ether oxygens (including phenoxy) is 1. The van der Waals surface area contributed by atoms with Crippen LogP contribution in [0, 0.1) is 5.92 Å². The molecular weight excluding hydrogens is 429 g/mol. The van der Waals surface area contributed by atoms with Gasteiger partial charge in [-0.25, -0.2) is 4.98 Å². The average molecular weight is 456 g/mol. The summed E-state index contributed by atoms with van der Waals surface area (Å²) in [6, 6.07) is 14.5. The molecule has 2 aliphatic rings. The number of aromatic nitrogens is 2. The first-order valence-electron chi connectivity index (χ1n) is 11.1. The zero-order valence-electron chi connectivity index (χ0n) is 17.5. The van der Waals surface area contributed by atoms with E-state index in [0.29, 0.717) is 34.4 Å². The summed E-state index contributed by atoms with van der Waals surface area (Å²) in [5.41, 5.74) is 4.73. The molecule has 1 aliphatic heterocycles. The zero-order valence-corrected chi connectivity index (χ0v) is 19.0. The summed E-state index contributed by atoms with van der Waals surface area (Å²) in [7, 11) is 0. The highest BCUT2D eigenvalue weighted by Gasteiger charge is 2.32. The molecule has 5 rings (SSSR count). The fraction of sp³-hybridized carbons (Fsp3) is 0.400. The van der Waals surface area contributed by atoms with Gasteiger partial charge in [0.1, 0.15) is 12.4 Å². The molecule has 0 spiro atoms. The monoisotopic (exact) mass is 455 g/mol. The second-order valence-corrected chi connectivity index (χ2v) is 9.53. The fourth-order valence-corrected chi connectivity index (χ4v) is 5.56. The van der Waals surface area contributed by atoms with Gasteiger partial charge in [-0.3, -0.25) is 4.90 Å². The van der Waals surface area contributed by atoms with Gasteiger partial charge in [0.15, 0.2) is 0 Å². The SMILES string of the molecule is Clc1cc(OCc2ccccc2)cc(Cl)c1CC1CCN(C2CCc3nc[nH]c3C2)C1. The number of nitrogens with zero attached hydrogens (tertiary/aromatic N) is 2. The van der Waals surface area contributed by atoms with Crippen molar-refractivity contribution in [3.05, 3.63) is 81.4 Å². The van der Waals surface area contributed by atoms with Crippen LogP contribution in [0.4, 0.5) is 0 Å². The van der Waals surface area contributed by atoms with E-state index in [-0.39, 0.29) is 0 Å². The van der Waals surface area contributed by atoms with Crippen LogP contribution in [0.3, 0.4) is 0 Å². The molecule has 1 aromatic heterocycles. The summed E-state index contributed by atoms with van der Waals surface area (Å²) in [6.07, 6.45) is 7.28. The van der Waals surface area contributed by atoms with Crippen LogP contribution in [0.1, 0.15) is 35.4 Å². The second kappa shape index (κ2) is 9.23. The van der Waals surface area contributed by atoms with Gasteiger partial charge in [-0.2, -0.15) is 0 Å². The second-order valence-electron chi connectivity index (χ2n) is 8.72. The van der Waals surface area contributed by atoms with Crippen LogP contribution in [-0.2, 0) is 25.9 Å². The molecule has 0 amide bonds. The number of imidazole rings is 1. The molecule has 4 nitrogen and oxygen atoms in total. The minimum Gasteiger partial charge on any atom is -0.489 e. The van der Waals surface area contributed by atoms with Crippen molar-refractivity contribution in [2.75, 3.05) is 13.1 Å². The summed E-state index contributed by atoms with van der Waals surface area (Å²) in [4.78, 5) is 10.4. The van der Waals surface area contributed by atoms with E-state index in [0.717, 1.165) is 43.5 Å². The number of H-pyrrole nitrogens is 1. The van der Waals surface area contributed by atoms with Crippen molar-refractivity contribution in [3.8, 4) is 5.75 Å². The molecule has 1 aliphatic carbocycles. The largest absolute Gasteiger partial charge is 0.489 e. The third-order valence-electron chi connectivity index (χ3n) is 6.65. The Bertz CT molecular complexity index is 1010. The number of halogens is 2. The van der Waals surface area contributed by atoms with Crippen LogP contribution in [-0.4, -0.2) is 34.0 Å². The maximum absolute atomic E-state index is 6.63. The summed E-state index contributed by atoms with van der Waals surface area (Å²) in [6.45, 7) is 2.75. The molecule has 6 heteroatoms. The standard InChI is InChI=1S/C25H27Cl2N3O/c26-22-12-20(31-15-17-4-2-1-3-5-17)13-23(27)21(22)10-18-8-9-30(14-18)19-6-7-24-25(11-19)29-16-28-24/h1-5,12-13,16,18-19H,6-11,14-15H2,(H,28,29). The van der Waals surface area contributed by atoms with Crippen molar-refractivity contribution in [1.82, 2.24) is 14.9 Å². The normalized spacial score (nSPS) is 21.2. The van der Waals surface area contributed by atoms with Crippen molar-refractivity contribution >= 4 is 23.2 Å². The van der Waals surface area contributed by atoms with Gasteiger partial charge < -0.3 is 9.72 Å². The summed E-state index contributed by atoms with van der Waals surface area (Å²) >= 11 is 13.3. The lowest BCUT2D eigenvalue weighted by Gasteiger charge is -2.30. The number of rotatable bonds is 6. The van der Waals surface area contributed by atoms with Crippen LogP contribution in [0.25, 0.3) is 0 Å². The predicted molar refractivity (Wildman–Crippen MR) is 125 cm³/mol. The number of likely N-dealkylation sites (tertiary alicyclic amines) is 1. The predicted octanol–water partition coefficient (Wildman–Crippen LogP) is 5.72. The number of aryl methyl sites for hydroxylation is 1. The molecule has 1 saturated heterocycles. The molecule has 0 bridgehead atoms. The number of hydrogen-bond donors (Lipinski definition) is 1. The van der Waals surface area contributed by atoms with Crippen LogP contribution in [0.15, 0.2) is 48.8 Å². The molecule has 2 unspecified atom stereocenters. The Kier molecular flexibility index (Phi) is 6.22. The quantitative estimate of drug-likeness (QED) is 0.516. The Balaban J connectivity index is 1.19. The lowest BCUT2D eigenvalue weighted by atomic mass is 9.94.